The molecule has 0 aliphatic heterocycles. The first-order valence-corrected chi connectivity index (χ1v) is 4.47. The lowest BCUT2D eigenvalue weighted by atomic mass is 10.2. The summed E-state index contributed by atoms with van der Waals surface area (Å²) in [7, 11) is 2.02. The lowest BCUT2D eigenvalue weighted by molar-refractivity contribution is 0.274. The molecule has 0 aliphatic carbocycles. The molecule has 3 heteroatoms. The first kappa shape index (κ1) is 11.4. The number of aliphatic hydroxyl groups excluding tert-OH is 1. The van der Waals surface area contributed by atoms with Crippen LogP contribution >= 0.6 is 0 Å². The van der Waals surface area contributed by atoms with Crippen molar-refractivity contribution in [3.05, 3.63) is 0 Å². The van der Waals surface area contributed by atoms with Gasteiger partial charge in [-0.05, 0) is 32.9 Å². The van der Waals surface area contributed by atoms with Crippen molar-refractivity contribution in [3.8, 4) is 6.07 Å². The normalized spacial score (nSPS) is 10.2. The molecule has 0 aromatic rings. The minimum absolute atomic E-state index is 0.294. The van der Waals surface area contributed by atoms with Crippen molar-refractivity contribution in [2.45, 2.75) is 25.7 Å². The van der Waals surface area contributed by atoms with Crippen LogP contribution in [0.25, 0.3) is 0 Å². The molecular formula is C9H18N2O. The van der Waals surface area contributed by atoms with Crippen LogP contribution in [0.4, 0.5) is 0 Å². The molecule has 0 radical (unpaired) electrons. The van der Waals surface area contributed by atoms with E-state index in [2.05, 4.69) is 11.0 Å². The number of unbranched alkanes of at least 4 members (excludes halogenated alkanes) is 2. The van der Waals surface area contributed by atoms with Gasteiger partial charge in [0.2, 0.25) is 0 Å². The van der Waals surface area contributed by atoms with Gasteiger partial charge in [0.05, 0.1) is 6.07 Å². The first-order valence-electron chi connectivity index (χ1n) is 4.47. The second-order valence-electron chi connectivity index (χ2n) is 3.00. The van der Waals surface area contributed by atoms with E-state index in [0.717, 1.165) is 32.4 Å². The van der Waals surface area contributed by atoms with Gasteiger partial charge in [-0.1, -0.05) is 0 Å². The van der Waals surface area contributed by atoms with E-state index in [0.29, 0.717) is 13.0 Å². The third-order valence-corrected chi connectivity index (χ3v) is 1.80. The van der Waals surface area contributed by atoms with E-state index in [-0.39, 0.29) is 0 Å². The Balaban J connectivity index is 3.09. The quantitative estimate of drug-likeness (QED) is 0.580. The number of rotatable bonds is 7. The molecule has 0 rings (SSSR count). The maximum atomic E-state index is 8.52. The van der Waals surface area contributed by atoms with Crippen LogP contribution in [0.15, 0.2) is 0 Å². The number of nitriles is 1. The molecule has 3 nitrogen and oxygen atoms in total. The van der Waals surface area contributed by atoms with Gasteiger partial charge < -0.3 is 10.0 Å². The van der Waals surface area contributed by atoms with Crippen molar-refractivity contribution in [2.24, 2.45) is 0 Å². The Morgan fingerprint density at radius 1 is 1.25 bits per heavy atom. The predicted molar refractivity (Wildman–Crippen MR) is 48.7 cm³/mol. The van der Waals surface area contributed by atoms with E-state index in [9.17, 15) is 0 Å². The molecule has 0 spiro atoms. The fraction of sp³-hybridized carbons (Fsp3) is 0.889. The third kappa shape index (κ3) is 7.52. The lowest BCUT2D eigenvalue weighted by Crippen LogP contribution is -2.20. The molecule has 0 bridgehead atoms. The van der Waals surface area contributed by atoms with E-state index in [1.165, 1.54) is 0 Å². The molecule has 70 valence electrons. The van der Waals surface area contributed by atoms with Crippen LogP contribution in [0.5, 0.6) is 0 Å². The van der Waals surface area contributed by atoms with Crippen LogP contribution in [0.3, 0.4) is 0 Å². The van der Waals surface area contributed by atoms with Gasteiger partial charge >= 0.3 is 0 Å². The van der Waals surface area contributed by atoms with Crippen LogP contribution in [-0.2, 0) is 0 Å². The Kier molecular flexibility index (Phi) is 8.09. The van der Waals surface area contributed by atoms with E-state index in [4.69, 9.17) is 10.4 Å². The van der Waals surface area contributed by atoms with Crippen LogP contribution in [-0.4, -0.2) is 36.8 Å². The number of hydrogen-bond acceptors (Lipinski definition) is 3. The Bertz CT molecular complexity index is 131. The summed E-state index contributed by atoms with van der Waals surface area (Å²) in [5, 5.41) is 16.8. The van der Waals surface area contributed by atoms with Gasteiger partial charge in [0.1, 0.15) is 0 Å². The smallest absolute Gasteiger partial charge is 0.0635 e. The summed E-state index contributed by atoms with van der Waals surface area (Å²) in [5.74, 6) is 0. The summed E-state index contributed by atoms with van der Waals surface area (Å²) in [4.78, 5) is 2.15. The molecule has 1 N–H and O–H groups in total. The summed E-state index contributed by atoms with van der Waals surface area (Å²) >= 11 is 0. The number of nitrogens with zero attached hydrogens (tertiary/aromatic N) is 2. The minimum Gasteiger partial charge on any atom is -0.396 e. The largest absolute Gasteiger partial charge is 0.396 e. The Morgan fingerprint density at radius 2 is 2.00 bits per heavy atom. The van der Waals surface area contributed by atoms with Crippen molar-refractivity contribution in [1.29, 1.82) is 5.26 Å². The molecule has 0 atom stereocenters. The number of hydrogen-bond donors (Lipinski definition) is 1. The molecule has 12 heavy (non-hydrogen) atoms. The number of aliphatic hydroxyl groups is 1. The molecular weight excluding hydrogens is 152 g/mol. The molecule has 0 aromatic heterocycles. The van der Waals surface area contributed by atoms with E-state index in [1.54, 1.807) is 0 Å². The summed E-state index contributed by atoms with van der Waals surface area (Å²) in [6.07, 6.45) is 3.69. The topological polar surface area (TPSA) is 47.3 Å². The highest BCUT2D eigenvalue weighted by Gasteiger charge is 1.96. The van der Waals surface area contributed by atoms with Crippen LogP contribution < -0.4 is 0 Å². The predicted octanol–water partition coefficient (Wildman–Crippen LogP) is 0.994. The lowest BCUT2D eigenvalue weighted by Gasteiger charge is -2.13. The van der Waals surface area contributed by atoms with Crippen molar-refractivity contribution in [3.63, 3.8) is 0 Å². The monoisotopic (exact) mass is 170 g/mol. The molecule has 0 unspecified atom stereocenters. The average molecular weight is 170 g/mol. The van der Waals surface area contributed by atoms with Crippen molar-refractivity contribution < 1.29 is 5.11 Å². The minimum atomic E-state index is 0.294. The highest BCUT2D eigenvalue weighted by molar-refractivity contribution is 4.70. The molecule has 0 saturated heterocycles. The standard InChI is InChI=1S/C9H18N2O/c1-11(8-5-6-10)7-3-2-4-9-12/h12H,2-5,7-9H2,1H3. The Labute approximate surface area is 74.6 Å². The molecule has 0 aliphatic rings. The van der Waals surface area contributed by atoms with Gasteiger partial charge in [-0.3, -0.25) is 0 Å². The van der Waals surface area contributed by atoms with Crippen LogP contribution in [0.2, 0.25) is 0 Å². The van der Waals surface area contributed by atoms with Crippen LogP contribution in [0, 0.1) is 11.3 Å². The third-order valence-electron chi connectivity index (χ3n) is 1.80. The zero-order valence-corrected chi connectivity index (χ0v) is 7.79. The zero-order valence-electron chi connectivity index (χ0n) is 7.79. The van der Waals surface area contributed by atoms with E-state index >= 15 is 0 Å². The maximum absolute atomic E-state index is 8.52. The summed E-state index contributed by atoms with van der Waals surface area (Å²) in [6, 6.07) is 2.12. The van der Waals surface area contributed by atoms with Gasteiger partial charge in [0, 0.05) is 19.6 Å². The summed E-state index contributed by atoms with van der Waals surface area (Å²) < 4.78 is 0. The molecule has 0 fully saturated rings. The Hall–Kier alpha value is -0.590. The second-order valence-corrected chi connectivity index (χ2v) is 3.00. The highest BCUT2D eigenvalue weighted by atomic mass is 16.2. The Morgan fingerprint density at radius 3 is 2.58 bits per heavy atom. The van der Waals surface area contributed by atoms with Gasteiger partial charge in [-0.15, -0.1) is 0 Å². The molecule has 0 aromatic carbocycles. The first-order chi connectivity index (χ1) is 5.81. The molecule has 0 amide bonds. The maximum Gasteiger partial charge on any atom is 0.0635 e. The van der Waals surface area contributed by atoms with Crippen molar-refractivity contribution in [1.82, 2.24) is 4.90 Å². The average Bonchev–Trinajstić information content (AvgIpc) is 2.09. The van der Waals surface area contributed by atoms with Crippen molar-refractivity contribution in [2.75, 3.05) is 26.7 Å². The zero-order chi connectivity index (χ0) is 9.23. The van der Waals surface area contributed by atoms with E-state index < -0.39 is 0 Å². The van der Waals surface area contributed by atoms with Gasteiger partial charge in [-0.25, -0.2) is 0 Å². The van der Waals surface area contributed by atoms with Gasteiger partial charge in [0.15, 0.2) is 0 Å². The highest BCUT2D eigenvalue weighted by Crippen LogP contribution is 1.96. The van der Waals surface area contributed by atoms with Crippen LogP contribution in [0.1, 0.15) is 25.7 Å². The van der Waals surface area contributed by atoms with E-state index in [1.807, 2.05) is 7.05 Å². The molecule has 0 heterocycles. The van der Waals surface area contributed by atoms with Gasteiger partial charge in [0.25, 0.3) is 0 Å². The molecule has 0 saturated carbocycles. The van der Waals surface area contributed by atoms with Gasteiger partial charge in [-0.2, -0.15) is 5.26 Å². The SMILES string of the molecule is CN(CCC#N)CCCCCO. The fourth-order valence-electron chi connectivity index (χ4n) is 1.02. The fourth-order valence-corrected chi connectivity index (χ4v) is 1.02. The summed E-state index contributed by atoms with van der Waals surface area (Å²) in [6.45, 7) is 2.18. The van der Waals surface area contributed by atoms with Crippen molar-refractivity contribution >= 4 is 0 Å². The summed E-state index contributed by atoms with van der Waals surface area (Å²) in [5.41, 5.74) is 0. The second kappa shape index (κ2) is 8.51.